The minimum Gasteiger partial charge on any atom is -0.496 e. The monoisotopic (exact) mass is 258 g/mol. The van der Waals surface area contributed by atoms with E-state index in [2.05, 4.69) is 9.97 Å². The maximum absolute atomic E-state index is 10.8. The van der Waals surface area contributed by atoms with E-state index in [9.17, 15) is 4.79 Å². The van der Waals surface area contributed by atoms with Crippen molar-refractivity contribution >= 4 is 5.97 Å². The molecule has 1 aromatic carbocycles. The Labute approximate surface area is 110 Å². The molecule has 0 spiro atoms. The van der Waals surface area contributed by atoms with Crippen LogP contribution >= 0.6 is 0 Å². The number of aryl methyl sites for hydroxylation is 2. The lowest BCUT2D eigenvalue weighted by Gasteiger charge is -2.07. The van der Waals surface area contributed by atoms with Crippen LogP contribution in [0.5, 0.6) is 5.75 Å². The van der Waals surface area contributed by atoms with E-state index in [-0.39, 0.29) is 5.69 Å². The average Bonchev–Trinajstić information content (AvgIpc) is 2.45. The molecule has 0 atom stereocenters. The SMILES string of the molecule is COc1ccccc1CCc1cc(C(=O)O)ncn1. The molecule has 0 radical (unpaired) electrons. The Morgan fingerprint density at radius 2 is 2.05 bits per heavy atom. The van der Waals surface area contributed by atoms with Crippen molar-refractivity contribution in [1.82, 2.24) is 9.97 Å². The van der Waals surface area contributed by atoms with E-state index < -0.39 is 5.97 Å². The Kier molecular flexibility index (Phi) is 4.07. The van der Waals surface area contributed by atoms with Gasteiger partial charge in [0, 0.05) is 5.69 Å². The van der Waals surface area contributed by atoms with Crippen LogP contribution in [-0.4, -0.2) is 28.2 Å². The van der Waals surface area contributed by atoms with E-state index in [0.29, 0.717) is 12.1 Å². The number of aromatic nitrogens is 2. The van der Waals surface area contributed by atoms with Crippen LogP contribution in [-0.2, 0) is 12.8 Å². The molecule has 1 N–H and O–H groups in total. The number of carboxylic acid groups (broad SMARTS) is 1. The summed E-state index contributed by atoms with van der Waals surface area (Å²) in [6, 6.07) is 9.24. The van der Waals surface area contributed by atoms with E-state index in [0.717, 1.165) is 17.7 Å². The predicted molar refractivity (Wildman–Crippen MR) is 69.4 cm³/mol. The van der Waals surface area contributed by atoms with Gasteiger partial charge in [0.05, 0.1) is 7.11 Å². The van der Waals surface area contributed by atoms with Crippen molar-refractivity contribution in [3.8, 4) is 5.75 Å². The summed E-state index contributed by atoms with van der Waals surface area (Å²) in [7, 11) is 1.63. The molecule has 0 unspecified atom stereocenters. The van der Waals surface area contributed by atoms with E-state index in [4.69, 9.17) is 9.84 Å². The average molecular weight is 258 g/mol. The fourth-order valence-corrected chi connectivity index (χ4v) is 1.82. The van der Waals surface area contributed by atoms with Crippen molar-refractivity contribution in [2.45, 2.75) is 12.8 Å². The van der Waals surface area contributed by atoms with Crippen molar-refractivity contribution < 1.29 is 14.6 Å². The number of aromatic carboxylic acids is 1. The highest BCUT2D eigenvalue weighted by atomic mass is 16.5. The third-order valence-corrected chi connectivity index (χ3v) is 2.79. The first kappa shape index (κ1) is 13.0. The van der Waals surface area contributed by atoms with Gasteiger partial charge in [0.2, 0.25) is 0 Å². The zero-order valence-corrected chi connectivity index (χ0v) is 10.5. The van der Waals surface area contributed by atoms with Gasteiger partial charge in [-0.2, -0.15) is 0 Å². The first-order valence-corrected chi connectivity index (χ1v) is 5.87. The summed E-state index contributed by atoms with van der Waals surface area (Å²) in [5.74, 6) is -0.212. The molecule has 1 aromatic heterocycles. The lowest BCUT2D eigenvalue weighted by molar-refractivity contribution is 0.0690. The zero-order chi connectivity index (χ0) is 13.7. The Bertz CT molecular complexity index is 584. The van der Waals surface area contributed by atoms with Gasteiger partial charge in [0.25, 0.3) is 0 Å². The number of carboxylic acids is 1. The number of methoxy groups -OCH3 is 1. The minimum atomic E-state index is -1.04. The van der Waals surface area contributed by atoms with Crippen molar-refractivity contribution in [2.24, 2.45) is 0 Å². The van der Waals surface area contributed by atoms with Crippen LogP contribution in [0.2, 0.25) is 0 Å². The predicted octanol–water partition coefficient (Wildman–Crippen LogP) is 1.97. The third-order valence-electron chi connectivity index (χ3n) is 2.79. The Morgan fingerprint density at radius 1 is 1.26 bits per heavy atom. The summed E-state index contributed by atoms with van der Waals surface area (Å²) >= 11 is 0. The summed E-state index contributed by atoms with van der Waals surface area (Å²) in [5.41, 5.74) is 1.80. The third kappa shape index (κ3) is 3.28. The molecule has 1 heterocycles. The summed E-state index contributed by atoms with van der Waals surface area (Å²) < 4.78 is 5.27. The van der Waals surface area contributed by atoms with Gasteiger partial charge in [0.15, 0.2) is 5.69 Å². The van der Waals surface area contributed by atoms with Crippen LogP contribution in [0, 0.1) is 0 Å². The number of ether oxygens (including phenoxy) is 1. The molecule has 0 aliphatic rings. The molecule has 0 amide bonds. The minimum absolute atomic E-state index is 0.0185. The topological polar surface area (TPSA) is 72.3 Å². The standard InChI is InChI=1S/C14H14N2O3/c1-19-13-5-3-2-4-10(13)6-7-11-8-12(14(17)18)16-9-15-11/h2-5,8-9H,6-7H2,1H3,(H,17,18). The van der Waals surface area contributed by atoms with Crippen molar-refractivity contribution in [2.75, 3.05) is 7.11 Å². The second kappa shape index (κ2) is 5.95. The van der Waals surface area contributed by atoms with Gasteiger partial charge >= 0.3 is 5.97 Å². The summed E-state index contributed by atoms with van der Waals surface area (Å²) in [4.78, 5) is 18.6. The molecule has 0 saturated heterocycles. The van der Waals surface area contributed by atoms with Gasteiger partial charge in [-0.05, 0) is 30.5 Å². The van der Waals surface area contributed by atoms with E-state index in [1.54, 1.807) is 7.11 Å². The van der Waals surface area contributed by atoms with Gasteiger partial charge in [-0.1, -0.05) is 18.2 Å². The molecule has 19 heavy (non-hydrogen) atoms. The van der Waals surface area contributed by atoms with Crippen LogP contribution in [0.3, 0.4) is 0 Å². The van der Waals surface area contributed by atoms with Gasteiger partial charge in [0.1, 0.15) is 12.1 Å². The largest absolute Gasteiger partial charge is 0.496 e. The highest BCUT2D eigenvalue weighted by molar-refractivity contribution is 5.85. The highest BCUT2D eigenvalue weighted by Gasteiger charge is 2.07. The number of nitrogens with zero attached hydrogens (tertiary/aromatic N) is 2. The van der Waals surface area contributed by atoms with Crippen molar-refractivity contribution in [3.05, 3.63) is 53.6 Å². The zero-order valence-electron chi connectivity index (χ0n) is 10.5. The molecule has 2 rings (SSSR count). The molecule has 5 heteroatoms. The fraction of sp³-hybridized carbons (Fsp3) is 0.214. The molecule has 0 aliphatic heterocycles. The normalized spacial score (nSPS) is 10.2. The lowest BCUT2D eigenvalue weighted by atomic mass is 10.1. The maximum atomic E-state index is 10.8. The molecule has 98 valence electrons. The molecule has 0 bridgehead atoms. The van der Waals surface area contributed by atoms with Crippen LogP contribution in [0.15, 0.2) is 36.7 Å². The first-order chi connectivity index (χ1) is 9.20. The highest BCUT2D eigenvalue weighted by Crippen LogP contribution is 2.19. The number of hydrogen-bond acceptors (Lipinski definition) is 4. The van der Waals surface area contributed by atoms with Crippen LogP contribution < -0.4 is 4.74 Å². The molecular formula is C14H14N2O3. The Balaban J connectivity index is 2.10. The van der Waals surface area contributed by atoms with E-state index in [1.807, 2.05) is 24.3 Å². The summed E-state index contributed by atoms with van der Waals surface area (Å²) in [6.07, 6.45) is 2.66. The number of rotatable bonds is 5. The number of benzene rings is 1. The van der Waals surface area contributed by atoms with E-state index in [1.165, 1.54) is 12.4 Å². The molecule has 0 aliphatic carbocycles. The molecule has 2 aromatic rings. The summed E-state index contributed by atoms with van der Waals surface area (Å²) in [5, 5.41) is 8.87. The summed E-state index contributed by atoms with van der Waals surface area (Å²) in [6.45, 7) is 0. The second-order valence-electron chi connectivity index (χ2n) is 4.01. The van der Waals surface area contributed by atoms with Gasteiger partial charge in [-0.3, -0.25) is 0 Å². The maximum Gasteiger partial charge on any atom is 0.354 e. The van der Waals surface area contributed by atoms with E-state index >= 15 is 0 Å². The lowest BCUT2D eigenvalue weighted by Crippen LogP contribution is -2.04. The number of carbonyl (C=O) groups is 1. The Hall–Kier alpha value is -2.43. The molecule has 5 nitrogen and oxygen atoms in total. The Morgan fingerprint density at radius 3 is 2.79 bits per heavy atom. The van der Waals surface area contributed by atoms with Gasteiger partial charge in [-0.25, -0.2) is 14.8 Å². The van der Waals surface area contributed by atoms with Crippen LogP contribution in [0.4, 0.5) is 0 Å². The first-order valence-electron chi connectivity index (χ1n) is 5.87. The van der Waals surface area contributed by atoms with Crippen molar-refractivity contribution in [3.63, 3.8) is 0 Å². The van der Waals surface area contributed by atoms with Gasteiger partial charge < -0.3 is 9.84 Å². The number of hydrogen-bond donors (Lipinski definition) is 1. The van der Waals surface area contributed by atoms with Crippen molar-refractivity contribution in [1.29, 1.82) is 0 Å². The molecule has 0 saturated carbocycles. The van der Waals surface area contributed by atoms with Gasteiger partial charge in [-0.15, -0.1) is 0 Å². The smallest absolute Gasteiger partial charge is 0.354 e. The number of para-hydroxylation sites is 1. The molecule has 0 fully saturated rings. The van der Waals surface area contributed by atoms with Crippen LogP contribution in [0.1, 0.15) is 21.7 Å². The quantitative estimate of drug-likeness (QED) is 0.887. The second-order valence-corrected chi connectivity index (χ2v) is 4.01. The fourth-order valence-electron chi connectivity index (χ4n) is 1.82. The van der Waals surface area contributed by atoms with Crippen LogP contribution in [0.25, 0.3) is 0 Å². The molecular weight excluding hydrogens is 244 g/mol.